The molecule has 0 spiro atoms. The molecule has 1 aromatic heterocycles. The predicted molar refractivity (Wildman–Crippen MR) is 140 cm³/mol. The lowest BCUT2D eigenvalue weighted by Crippen LogP contribution is -2.57. The van der Waals surface area contributed by atoms with E-state index in [-0.39, 0.29) is 17.0 Å². The van der Waals surface area contributed by atoms with Crippen LogP contribution in [0.15, 0.2) is 60.9 Å². The number of nitrogens with two attached hydrogens (primary N) is 1. The molecular weight excluding hydrogens is 480 g/mol. The number of carbonyl (C=O) groups is 3. The fraction of sp³-hybridized carbons (Fsp3) is 0.222. The Hall–Kier alpha value is -3.88. The molecule has 36 heavy (non-hydrogen) atoms. The number of carboxylic acid groups (broad SMARTS) is 1. The molecule has 1 unspecified atom stereocenters. The van der Waals surface area contributed by atoms with Crippen molar-refractivity contribution in [3.63, 3.8) is 0 Å². The number of fused-ring (bicyclic) bond motifs is 1. The van der Waals surface area contributed by atoms with Gasteiger partial charge in [-0.05, 0) is 61.0 Å². The van der Waals surface area contributed by atoms with Crippen molar-refractivity contribution in [1.29, 1.82) is 0 Å². The Morgan fingerprint density at radius 2 is 1.86 bits per heavy atom. The van der Waals surface area contributed by atoms with E-state index in [1.807, 2.05) is 38.1 Å². The summed E-state index contributed by atoms with van der Waals surface area (Å²) in [7, 11) is 0. The number of aryl methyl sites for hydroxylation is 1. The Morgan fingerprint density at radius 1 is 1.17 bits per heavy atom. The van der Waals surface area contributed by atoms with Crippen LogP contribution in [0.4, 0.5) is 5.69 Å². The molecular formula is C27H27ClN4O4. The first-order valence-electron chi connectivity index (χ1n) is 11.5. The monoisotopic (exact) mass is 506 g/mol. The molecule has 3 aromatic rings. The number of hydrogen-bond donors (Lipinski definition) is 3. The second-order valence-corrected chi connectivity index (χ2v) is 9.02. The molecule has 0 bridgehead atoms. The summed E-state index contributed by atoms with van der Waals surface area (Å²) in [5.74, 6) is -2.25. The van der Waals surface area contributed by atoms with Crippen LogP contribution in [0, 0.1) is 6.92 Å². The van der Waals surface area contributed by atoms with Crippen molar-refractivity contribution in [2.24, 2.45) is 5.73 Å². The van der Waals surface area contributed by atoms with Gasteiger partial charge >= 0.3 is 5.97 Å². The van der Waals surface area contributed by atoms with Crippen LogP contribution in [0.5, 0.6) is 0 Å². The number of primary amides is 1. The van der Waals surface area contributed by atoms with Gasteiger partial charge in [0.1, 0.15) is 0 Å². The van der Waals surface area contributed by atoms with E-state index < -0.39 is 17.5 Å². The van der Waals surface area contributed by atoms with Crippen LogP contribution < -0.4 is 11.1 Å². The maximum atomic E-state index is 13.3. The number of likely N-dealkylation sites (N-methyl/N-ethyl adjacent to an activating group) is 1. The smallest absolute Gasteiger partial charge is 0.337 e. The van der Waals surface area contributed by atoms with Crippen LogP contribution >= 0.6 is 11.6 Å². The number of nitrogens with zero attached hydrogens (tertiary/aromatic N) is 2. The van der Waals surface area contributed by atoms with Crippen LogP contribution in [0.3, 0.4) is 0 Å². The lowest BCUT2D eigenvalue weighted by molar-refractivity contribution is -0.132. The predicted octanol–water partition coefficient (Wildman–Crippen LogP) is 4.33. The van der Waals surface area contributed by atoms with Gasteiger partial charge in [-0.15, -0.1) is 0 Å². The largest absolute Gasteiger partial charge is 0.478 e. The molecule has 2 heterocycles. The fourth-order valence-electron chi connectivity index (χ4n) is 4.85. The quantitative estimate of drug-likeness (QED) is 0.393. The van der Waals surface area contributed by atoms with E-state index in [1.165, 1.54) is 10.8 Å². The summed E-state index contributed by atoms with van der Waals surface area (Å²) in [6.07, 6.45) is 4.50. The van der Waals surface area contributed by atoms with Crippen LogP contribution in [0.1, 0.15) is 35.3 Å². The van der Waals surface area contributed by atoms with E-state index in [0.717, 1.165) is 11.1 Å². The molecule has 0 saturated carbocycles. The van der Waals surface area contributed by atoms with Gasteiger partial charge in [0.2, 0.25) is 0 Å². The van der Waals surface area contributed by atoms with Gasteiger partial charge in [0, 0.05) is 34.2 Å². The standard InChI is InChI=1S/C27H27ClN4O4/c1-4-31(5-2)27(26(29)36,32-14-16(3)21(15-32)25(34)35)13-20-23-19(17-8-6-9-18(28)12-17)10-7-11-22(23)30-24(20)33/h6-15H,4-5H2,1-3H3,(H2,29,36)(H,30,33)(H,34,35). The van der Waals surface area contributed by atoms with Crippen molar-refractivity contribution >= 4 is 40.6 Å². The number of benzene rings is 2. The lowest BCUT2D eigenvalue weighted by Gasteiger charge is -2.40. The number of carboxylic acids is 1. The zero-order valence-corrected chi connectivity index (χ0v) is 21.0. The lowest BCUT2D eigenvalue weighted by atomic mass is 9.92. The zero-order chi connectivity index (χ0) is 26.2. The number of rotatable bonds is 8. The number of anilines is 1. The molecule has 2 aromatic carbocycles. The Bertz CT molecular complexity index is 1410. The van der Waals surface area contributed by atoms with Crippen molar-refractivity contribution in [3.05, 3.63) is 82.6 Å². The molecule has 0 saturated heterocycles. The summed E-state index contributed by atoms with van der Waals surface area (Å²) in [4.78, 5) is 40.2. The second kappa shape index (κ2) is 9.64. The number of aromatic carboxylic acids is 1. The molecule has 0 radical (unpaired) electrons. The average Bonchev–Trinajstić information content (AvgIpc) is 3.38. The molecule has 1 aliphatic heterocycles. The van der Waals surface area contributed by atoms with Crippen LogP contribution in [-0.4, -0.2) is 45.4 Å². The maximum absolute atomic E-state index is 13.3. The van der Waals surface area contributed by atoms with Crippen molar-refractivity contribution in [1.82, 2.24) is 9.47 Å². The third-order valence-corrected chi connectivity index (χ3v) is 6.80. The first-order valence-corrected chi connectivity index (χ1v) is 11.9. The molecule has 2 amide bonds. The van der Waals surface area contributed by atoms with Gasteiger partial charge in [0.15, 0.2) is 5.66 Å². The molecule has 186 valence electrons. The van der Waals surface area contributed by atoms with Crippen LogP contribution in [0.25, 0.3) is 16.7 Å². The van der Waals surface area contributed by atoms with Gasteiger partial charge < -0.3 is 20.7 Å². The molecule has 1 aliphatic rings. The van der Waals surface area contributed by atoms with Crippen molar-refractivity contribution in [2.75, 3.05) is 18.4 Å². The van der Waals surface area contributed by atoms with Gasteiger partial charge in [-0.2, -0.15) is 0 Å². The summed E-state index contributed by atoms with van der Waals surface area (Å²) in [5.41, 5.74) is 7.96. The van der Waals surface area contributed by atoms with Gasteiger partial charge in [0.05, 0.1) is 5.56 Å². The summed E-state index contributed by atoms with van der Waals surface area (Å²) in [6, 6.07) is 12.8. The van der Waals surface area contributed by atoms with E-state index in [0.29, 0.717) is 34.9 Å². The van der Waals surface area contributed by atoms with Crippen molar-refractivity contribution in [3.8, 4) is 11.1 Å². The molecule has 0 aliphatic carbocycles. The zero-order valence-electron chi connectivity index (χ0n) is 20.2. The van der Waals surface area contributed by atoms with E-state index in [2.05, 4.69) is 5.32 Å². The van der Waals surface area contributed by atoms with Gasteiger partial charge in [-0.1, -0.05) is 49.7 Å². The normalized spacial score (nSPS) is 15.6. The topological polar surface area (TPSA) is 118 Å². The maximum Gasteiger partial charge on any atom is 0.337 e. The minimum atomic E-state index is -1.64. The number of nitrogens with one attached hydrogen (secondary N) is 1. The van der Waals surface area contributed by atoms with Gasteiger partial charge in [0.25, 0.3) is 11.8 Å². The van der Waals surface area contributed by atoms with E-state index in [4.69, 9.17) is 17.3 Å². The summed E-state index contributed by atoms with van der Waals surface area (Å²) >= 11 is 6.24. The Kier molecular flexibility index (Phi) is 6.75. The Balaban J connectivity index is 2.04. The summed E-state index contributed by atoms with van der Waals surface area (Å²) in [6.45, 7) is 6.21. The van der Waals surface area contributed by atoms with Gasteiger partial charge in [-0.25, -0.2) is 4.79 Å². The third-order valence-electron chi connectivity index (χ3n) is 6.57. The first-order chi connectivity index (χ1) is 17.1. The number of aromatic nitrogens is 1. The van der Waals surface area contributed by atoms with Crippen molar-refractivity contribution in [2.45, 2.75) is 26.4 Å². The highest BCUT2D eigenvalue weighted by Crippen LogP contribution is 2.42. The highest BCUT2D eigenvalue weighted by molar-refractivity contribution is 6.34. The average molecular weight is 507 g/mol. The Morgan fingerprint density at radius 3 is 2.44 bits per heavy atom. The van der Waals surface area contributed by atoms with E-state index in [9.17, 15) is 19.5 Å². The highest BCUT2D eigenvalue weighted by atomic mass is 35.5. The number of carbonyl (C=O) groups excluding carboxylic acids is 2. The highest BCUT2D eigenvalue weighted by Gasteiger charge is 2.44. The molecule has 4 N–H and O–H groups in total. The SMILES string of the molecule is CCN(CC)C(C=C1C(=O)Nc2cccc(-c3cccc(Cl)c3)c21)(C(N)=O)n1cc(C)c(C(=O)O)c1. The number of halogens is 1. The van der Waals surface area contributed by atoms with Crippen molar-refractivity contribution < 1.29 is 19.5 Å². The summed E-state index contributed by atoms with van der Waals surface area (Å²) < 4.78 is 1.49. The minimum absolute atomic E-state index is 0.0436. The third kappa shape index (κ3) is 4.08. The molecule has 0 fully saturated rings. The molecule has 1 atom stereocenters. The molecule has 4 rings (SSSR count). The first kappa shape index (κ1) is 25.2. The number of amides is 2. The van der Waals surface area contributed by atoms with Gasteiger partial charge in [-0.3, -0.25) is 14.5 Å². The van der Waals surface area contributed by atoms with Crippen LogP contribution in [0.2, 0.25) is 5.02 Å². The fourth-order valence-corrected chi connectivity index (χ4v) is 5.04. The molecule has 9 heteroatoms. The summed E-state index contributed by atoms with van der Waals surface area (Å²) in [5, 5.41) is 13.1. The second-order valence-electron chi connectivity index (χ2n) is 8.58. The molecule has 8 nitrogen and oxygen atoms in total. The Labute approximate surface area is 214 Å². The van der Waals surface area contributed by atoms with E-state index >= 15 is 0 Å². The van der Waals surface area contributed by atoms with Crippen LogP contribution in [-0.2, 0) is 15.3 Å². The minimum Gasteiger partial charge on any atom is -0.478 e. The number of hydrogen-bond acceptors (Lipinski definition) is 4. The van der Waals surface area contributed by atoms with E-state index in [1.54, 1.807) is 42.3 Å².